The van der Waals surface area contributed by atoms with Gasteiger partial charge in [-0.05, 0) is 43.9 Å². The summed E-state index contributed by atoms with van der Waals surface area (Å²) < 4.78 is 6.00. The number of rotatable bonds is 9. The van der Waals surface area contributed by atoms with Crippen molar-refractivity contribution < 1.29 is 14.3 Å². The SMILES string of the molecule is CCCC(=O)C(C)CC(=O)C(C)COC1CC2CCC1C2. The Morgan fingerprint density at radius 1 is 1.10 bits per heavy atom. The zero-order valence-corrected chi connectivity index (χ0v) is 13.8. The standard InChI is InChI=1S/C18H30O3/c1-4-5-16(19)12(2)8-17(20)13(3)11-21-18-10-14-6-7-15(18)9-14/h12-15,18H,4-11H2,1-3H3. The molecule has 0 aromatic heterocycles. The molecule has 0 amide bonds. The summed E-state index contributed by atoms with van der Waals surface area (Å²) in [7, 11) is 0. The fourth-order valence-corrected chi connectivity index (χ4v) is 3.86. The smallest absolute Gasteiger partial charge is 0.138 e. The number of ketones is 2. The number of carbonyl (C=O) groups is 2. The van der Waals surface area contributed by atoms with Crippen LogP contribution in [0.2, 0.25) is 0 Å². The third-order valence-electron chi connectivity index (χ3n) is 5.34. The monoisotopic (exact) mass is 294 g/mol. The number of hydrogen-bond donors (Lipinski definition) is 0. The van der Waals surface area contributed by atoms with E-state index in [0.717, 1.165) is 18.3 Å². The first-order chi connectivity index (χ1) is 10.0. The van der Waals surface area contributed by atoms with Crippen LogP contribution in [-0.4, -0.2) is 24.3 Å². The molecule has 2 aliphatic rings. The minimum absolute atomic E-state index is 0.0824. The van der Waals surface area contributed by atoms with E-state index in [-0.39, 0.29) is 23.4 Å². The quantitative estimate of drug-likeness (QED) is 0.650. The fourth-order valence-electron chi connectivity index (χ4n) is 3.86. The maximum Gasteiger partial charge on any atom is 0.138 e. The zero-order valence-electron chi connectivity index (χ0n) is 13.8. The molecule has 0 spiro atoms. The lowest BCUT2D eigenvalue weighted by Gasteiger charge is -2.24. The lowest BCUT2D eigenvalue weighted by atomic mass is 9.92. The van der Waals surface area contributed by atoms with E-state index < -0.39 is 0 Å². The summed E-state index contributed by atoms with van der Waals surface area (Å²) >= 11 is 0. The number of hydrogen-bond acceptors (Lipinski definition) is 3. The van der Waals surface area contributed by atoms with Crippen LogP contribution in [0.15, 0.2) is 0 Å². The predicted molar refractivity (Wildman–Crippen MR) is 83.1 cm³/mol. The van der Waals surface area contributed by atoms with Crippen molar-refractivity contribution >= 4 is 11.6 Å². The predicted octanol–water partition coefficient (Wildman–Crippen LogP) is 3.79. The van der Waals surface area contributed by atoms with Gasteiger partial charge in [-0.1, -0.05) is 20.8 Å². The number of Topliss-reactive ketones (excluding diaryl/α,β-unsaturated/α-hetero) is 2. The molecule has 0 heterocycles. The van der Waals surface area contributed by atoms with E-state index in [2.05, 4.69) is 0 Å². The highest BCUT2D eigenvalue weighted by molar-refractivity contribution is 5.88. The lowest BCUT2D eigenvalue weighted by Crippen LogP contribution is -2.27. The van der Waals surface area contributed by atoms with Crippen LogP contribution < -0.4 is 0 Å². The van der Waals surface area contributed by atoms with Crippen LogP contribution in [0.1, 0.15) is 65.7 Å². The summed E-state index contributed by atoms with van der Waals surface area (Å²) in [4.78, 5) is 24.0. The summed E-state index contributed by atoms with van der Waals surface area (Å²) in [5.41, 5.74) is 0. The van der Waals surface area contributed by atoms with Crippen molar-refractivity contribution in [1.82, 2.24) is 0 Å². The Hall–Kier alpha value is -0.700. The second-order valence-corrected chi connectivity index (χ2v) is 7.24. The highest BCUT2D eigenvalue weighted by Crippen LogP contribution is 2.45. The molecule has 2 aliphatic carbocycles. The van der Waals surface area contributed by atoms with Crippen LogP contribution in [0.25, 0.3) is 0 Å². The molecule has 0 aliphatic heterocycles. The van der Waals surface area contributed by atoms with Crippen molar-refractivity contribution in [2.45, 2.75) is 71.8 Å². The molecule has 120 valence electrons. The molecule has 0 radical (unpaired) electrons. The van der Waals surface area contributed by atoms with Crippen LogP contribution in [0, 0.1) is 23.7 Å². The van der Waals surface area contributed by atoms with Gasteiger partial charge in [-0.3, -0.25) is 9.59 Å². The molecule has 0 N–H and O–H groups in total. The van der Waals surface area contributed by atoms with Crippen molar-refractivity contribution in [1.29, 1.82) is 0 Å². The minimum Gasteiger partial charge on any atom is -0.377 e. The van der Waals surface area contributed by atoms with Gasteiger partial charge in [0.25, 0.3) is 0 Å². The molecule has 5 unspecified atom stereocenters. The first-order valence-electron chi connectivity index (χ1n) is 8.68. The first kappa shape index (κ1) is 16.7. The van der Waals surface area contributed by atoms with Gasteiger partial charge < -0.3 is 4.74 Å². The topological polar surface area (TPSA) is 43.4 Å². The van der Waals surface area contributed by atoms with Gasteiger partial charge in [-0.25, -0.2) is 0 Å². The second-order valence-electron chi connectivity index (χ2n) is 7.24. The zero-order chi connectivity index (χ0) is 15.4. The van der Waals surface area contributed by atoms with Crippen LogP contribution >= 0.6 is 0 Å². The molecule has 2 saturated carbocycles. The Balaban J connectivity index is 1.69. The highest BCUT2D eigenvalue weighted by Gasteiger charge is 2.40. The Labute approximate surface area is 128 Å². The van der Waals surface area contributed by atoms with Gasteiger partial charge in [0.1, 0.15) is 11.6 Å². The summed E-state index contributed by atoms with van der Waals surface area (Å²) in [6, 6.07) is 0. The molecule has 5 atom stereocenters. The number of carbonyl (C=O) groups excluding carboxylic acids is 2. The van der Waals surface area contributed by atoms with Gasteiger partial charge in [0.2, 0.25) is 0 Å². The van der Waals surface area contributed by atoms with E-state index in [1.165, 1.54) is 25.7 Å². The van der Waals surface area contributed by atoms with Crippen LogP contribution in [0.4, 0.5) is 0 Å². The largest absolute Gasteiger partial charge is 0.377 e. The highest BCUT2D eigenvalue weighted by atomic mass is 16.5. The molecule has 0 aromatic carbocycles. The Morgan fingerprint density at radius 2 is 1.86 bits per heavy atom. The van der Waals surface area contributed by atoms with Crippen molar-refractivity contribution in [3.8, 4) is 0 Å². The molecular formula is C18H30O3. The minimum atomic E-state index is -0.137. The Morgan fingerprint density at radius 3 is 2.43 bits per heavy atom. The summed E-state index contributed by atoms with van der Waals surface area (Å²) in [5.74, 6) is 1.78. The molecule has 3 heteroatoms. The van der Waals surface area contributed by atoms with E-state index in [1.54, 1.807) is 0 Å². The van der Waals surface area contributed by atoms with E-state index >= 15 is 0 Å². The normalized spacial score (nSPS) is 30.3. The van der Waals surface area contributed by atoms with E-state index in [1.807, 2.05) is 20.8 Å². The molecule has 3 nitrogen and oxygen atoms in total. The van der Waals surface area contributed by atoms with Gasteiger partial charge in [-0.15, -0.1) is 0 Å². The average Bonchev–Trinajstić information content (AvgIpc) is 3.07. The summed E-state index contributed by atoms with van der Waals surface area (Å²) in [5, 5.41) is 0. The van der Waals surface area contributed by atoms with Gasteiger partial charge in [0, 0.05) is 24.7 Å². The van der Waals surface area contributed by atoms with Crippen molar-refractivity contribution in [3.63, 3.8) is 0 Å². The molecule has 2 fully saturated rings. The van der Waals surface area contributed by atoms with Gasteiger partial charge >= 0.3 is 0 Å². The molecule has 0 aromatic rings. The number of fused-ring (bicyclic) bond motifs is 2. The lowest BCUT2D eigenvalue weighted by molar-refractivity contribution is -0.131. The third kappa shape index (κ3) is 4.38. The average molecular weight is 294 g/mol. The number of ether oxygens (including phenoxy) is 1. The molecule has 0 saturated heterocycles. The molecule has 2 bridgehead atoms. The third-order valence-corrected chi connectivity index (χ3v) is 5.34. The van der Waals surface area contributed by atoms with Crippen molar-refractivity contribution in [2.24, 2.45) is 23.7 Å². The van der Waals surface area contributed by atoms with Gasteiger partial charge in [-0.2, -0.15) is 0 Å². The van der Waals surface area contributed by atoms with E-state index in [0.29, 0.717) is 25.6 Å². The summed E-state index contributed by atoms with van der Waals surface area (Å²) in [6.45, 7) is 6.34. The van der Waals surface area contributed by atoms with Crippen molar-refractivity contribution in [2.75, 3.05) is 6.61 Å². The van der Waals surface area contributed by atoms with Crippen LogP contribution in [0.5, 0.6) is 0 Å². The first-order valence-corrected chi connectivity index (χ1v) is 8.68. The Kier molecular flexibility index (Phi) is 5.98. The van der Waals surface area contributed by atoms with Crippen molar-refractivity contribution in [3.05, 3.63) is 0 Å². The fraction of sp³-hybridized carbons (Fsp3) is 0.889. The maximum atomic E-state index is 12.2. The van der Waals surface area contributed by atoms with Crippen LogP contribution in [-0.2, 0) is 14.3 Å². The molecule has 21 heavy (non-hydrogen) atoms. The van der Waals surface area contributed by atoms with Gasteiger partial charge in [0.05, 0.1) is 12.7 Å². The van der Waals surface area contributed by atoms with E-state index in [4.69, 9.17) is 4.74 Å². The summed E-state index contributed by atoms with van der Waals surface area (Å²) in [6.07, 6.45) is 7.41. The molecular weight excluding hydrogens is 264 g/mol. The molecule has 2 rings (SSSR count). The van der Waals surface area contributed by atoms with Crippen LogP contribution in [0.3, 0.4) is 0 Å². The Bertz CT molecular complexity index is 377. The van der Waals surface area contributed by atoms with Gasteiger partial charge in [0.15, 0.2) is 0 Å². The second kappa shape index (κ2) is 7.53. The van der Waals surface area contributed by atoms with E-state index in [9.17, 15) is 9.59 Å². The maximum absolute atomic E-state index is 12.2.